The first kappa shape index (κ1) is 22.3. The van der Waals surface area contributed by atoms with Gasteiger partial charge in [-0.05, 0) is 29.0 Å². The Labute approximate surface area is 187 Å². The van der Waals surface area contributed by atoms with Gasteiger partial charge in [0.15, 0.2) is 0 Å². The molecule has 9 nitrogen and oxygen atoms in total. The molecule has 0 amide bonds. The third-order valence-corrected chi connectivity index (χ3v) is 5.21. The molecule has 0 atom stereocenters. The number of aryl methyl sites for hydroxylation is 2. The van der Waals surface area contributed by atoms with Gasteiger partial charge in [-0.3, -0.25) is 0 Å². The summed E-state index contributed by atoms with van der Waals surface area (Å²) in [6.45, 7) is 4.10. The van der Waals surface area contributed by atoms with Gasteiger partial charge in [-0.2, -0.15) is 14.5 Å². The molecule has 0 unspecified atom stereocenters. The minimum absolute atomic E-state index is 0.102. The fourth-order valence-electron chi connectivity index (χ4n) is 3.44. The van der Waals surface area contributed by atoms with Crippen molar-refractivity contribution in [1.82, 2.24) is 19.8 Å². The molecule has 0 fully saturated rings. The van der Waals surface area contributed by atoms with Crippen molar-refractivity contribution in [3.63, 3.8) is 0 Å². The van der Waals surface area contributed by atoms with Crippen LogP contribution >= 0.6 is 0 Å². The monoisotopic (exact) mass is 456 g/mol. The number of aromatic nitrogens is 4. The summed E-state index contributed by atoms with van der Waals surface area (Å²) in [5.74, 6) is -1.05. The Bertz CT molecular complexity index is 1310. The molecule has 11 heteroatoms. The molecule has 172 valence electrons. The van der Waals surface area contributed by atoms with Crippen LogP contribution < -0.4 is 10.4 Å². The Hall–Kier alpha value is -3.89. The summed E-state index contributed by atoms with van der Waals surface area (Å²) in [6, 6.07) is 7.38. The Kier molecular flexibility index (Phi) is 6.29. The molecule has 1 aliphatic rings. The lowest BCUT2D eigenvalue weighted by Gasteiger charge is -2.19. The molecule has 0 saturated carbocycles. The first-order valence-corrected chi connectivity index (χ1v) is 10.3. The fourth-order valence-corrected chi connectivity index (χ4v) is 3.44. The van der Waals surface area contributed by atoms with Crippen molar-refractivity contribution < 1.29 is 18.3 Å². The molecule has 0 aliphatic carbocycles. The zero-order valence-electron chi connectivity index (χ0n) is 18.4. The number of hydrogen-bond donors (Lipinski definition) is 0. The topological polar surface area (TPSA) is 95.9 Å². The third-order valence-electron chi connectivity index (χ3n) is 5.21. The van der Waals surface area contributed by atoms with Crippen LogP contribution in [0.5, 0.6) is 5.75 Å². The van der Waals surface area contributed by atoms with Gasteiger partial charge < -0.3 is 9.47 Å². The summed E-state index contributed by atoms with van der Waals surface area (Å²) in [7, 11) is 1.52. The van der Waals surface area contributed by atoms with Gasteiger partial charge in [0.1, 0.15) is 24.0 Å². The molecule has 0 spiro atoms. The predicted molar refractivity (Wildman–Crippen MR) is 117 cm³/mol. The summed E-state index contributed by atoms with van der Waals surface area (Å²) >= 11 is 0. The highest BCUT2D eigenvalue weighted by Crippen LogP contribution is 2.29. The van der Waals surface area contributed by atoms with Crippen molar-refractivity contribution >= 4 is 11.6 Å². The lowest BCUT2D eigenvalue weighted by atomic mass is 10.0. The molecule has 0 saturated heterocycles. The number of nitrogens with zero attached hydrogens (tertiary/aromatic N) is 6. The van der Waals surface area contributed by atoms with Crippen molar-refractivity contribution in [1.29, 1.82) is 0 Å². The van der Waals surface area contributed by atoms with Crippen molar-refractivity contribution in [2.75, 3.05) is 6.61 Å². The van der Waals surface area contributed by atoms with Crippen LogP contribution in [0.4, 0.5) is 8.78 Å². The van der Waals surface area contributed by atoms with Crippen LogP contribution in [0.25, 0.3) is 5.69 Å². The maximum absolute atomic E-state index is 14.3. The molecular weight excluding hydrogens is 434 g/mol. The average molecular weight is 456 g/mol. The van der Waals surface area contributed by atoms with Crippen molar-refractivity contribution in [2.24, 2.45) is 17.3 Å². The minimum atomic E-state index is -0.753. The standard InChI is InChI=1S/C22H22F2N6O3/c1-4-20(26-25-17-8-9-32-19-11-14(23)10-16(24)21(17)19)33-12-15-13(2)6-5-7-18(15)30-22(31)29(3)27-28-30/h5-7,10-11H,4,8-9,12H2,1-3H3. The second kappa shape index (κ2) is 9.31. The van der Waals surface area contributed by atoms with E-state index in [-0.39, 0.29) is 30.2 Å². The summed E-state index contributed by atoms with van der Waals surface area (Å²) in [5.41, 5.74) is 2.27. The second-order valence-corrected chi connectivity index (χ2v) is 7.41. The van der Waals surface area contributed by atoms with Gasteiger partial charge in [-0.15, -0.1) is 5.10 Å². The Morgan fingerprint density at radius 1 is 1.27 bits per heavy atom. The molecule has 1 aromatic heterocycles. The number of rotatable bonds is 5. The summed E-state index contributed by atoms with van der Waals surface area (Å²) in [4.78, 5) is 12.3. The summed E-state index contributed by atoms with van der Waals surface area (Å²) in [5, 5.41) is 16.0. The van der Waals surface area contributed by atoms with E-state index in [1.165, 1.54) is 11.7 Å². The number of tetrazole rings is 1. The molecule has 3 aromatic rings. The largest absolute Gasteiger partial charge is 0.492 e. The number of halogens is 2. The number of fused-ring (bicyclic) bond motifs is 1. The van der Waals surface area contributed by atoms with E-state index in [9.17, 15) is 13.6 Å². The van der Waals surface area contributed by atoms with Gasteiger partial charge in [0.2, 0.25) is 5.90 Å². The van der Waals surface area contributed by atoms with Crippen LogP contribution in [0.3, 0.4) is 0 Å². The van der Waals surface area contributed by atoms with Crippen LogP contribution in [-0.2, 0) is 18.4 Å². The molecule has 1 aliphatic heterocycles. The number of ether oxygens (including phenoxy) is 2. The second-order valence-electron chi connectivity index (χ2n) is 7.41. The van der Waals surface area contributed by atoms with Gasteiger partial charge in [-0.25, -0.2) is 13.6 Å². The summed E-state index contributed by atoms with van der Waals surface area (Å²) < 4.78 is 41.4. The zero-order valence-corrected chi connectivity index (χ0v) is 18.4. The maximum atomic E-state index is 14.3. The van der Waals surface area contributed by atoms with Crippen molar-refractivity contribution in [3.05, 3.63) is 69.1 Å². The predicted octanol–water partition coefficient (Wildman–Crippen LogP) is 3.06. The van der Waals surface area contributed by atoms with Crippen LogP contribution in [0.2, 0.25) is 0 Å². The first-order chi connectivity index (χ1) is 15.9. The van der Waals surface area contributed by atoms with E-state index in [2.05, 4.69) is 20.6 Å². The van der Waals surface area contributed by atoms with Gasteiger partial charge in [0, 0.05) is 37.6 Å². The lowest BCUT2D eigenvalue weighted by molar-refractivity contribution is 0.282. The molecular formula is C22H22F2N6O3. The van der Waals surface area contributed by atoms with Gasteiger partial charge in [0.25, 0.3) is 0 Å². The first-order valence-electron chi connectivity index (χ1n) is 10.3. The maximum Gasteiger partial charge on any atom is 0.368 e. The van der Waals surface area contributed by atoms with Crippen LogP contribution in [0.15, 0.2) is 45.3 Å². The molecule has 0 N–H and O–H groups in total. The van der Waals surface area contributed by atoms with E-state index >= 15 is 0 Å². The van der Waals surface area contributed by atoms with E-state index in [0.717, 1.165) is 27.9 Å². The third kappa shape index (κ3) is 4.52. The Balaban J connectivity index is 1.60. The Morgan fingerprint density at radius 2 is 2.09 bits per heavy atom. The number of benzene rings is 2. The van der Waals surface area contributed by atoms with Gasteiger partial charge in [0.05, 0.1) is 23.6 Å². The molecule has 2 aromatic carbocycles. The summed E-state index contributed by atoms with van der Waals surface area (Å²) in [6.07, 6.45) is 0.756. The van der Waals surface area contributed by atoms with Crippen molar-refractivity contribution in [3.8, 4) is 11.4 Å². The van der Waals surface area contributed by atoms with Crippen LogP contribution in [0, 0.1) is 18.6 Å². The highest BCUT2D eigenvalue weighted by Gasteiger charge is 2.23. The SMILES string of the molecule is CCC(=NN=C1CCOc2cc(F)cc(F)c21)OCc1c(C)cccc1-n1nnn(C)c1=O. The van der Waals surface area contributed by atoms with E-state index in [4.69, 9.17) is 9.47 Å². The molecule has 0 bridgehead atoms. The zero-order chi connectivity index (χ0) is 23.5. The van der Waals surface area contributed by atoms with Gasteiger partial charge >= 0.3 is 5.69 Å². The Morgan fingerprint density at radius 3 is 2.82 bits per heavy atom. The molecule has 2 heterocycles. The van der Waals surface area contributed by atoms with Gasteiger partial charge in [-0.1, -0.05) is 19.1 Å². The van der Waals surface area contributed by atoms with Crippen LogP contribution in [-0.4, -0.2) is 38.0 Å². The van der Waals surface area contributed by atoms with E-state index in [0.29, 0.717) is 30.1 Å². The minimum Gasteiger partial charge on any atom is -0.492 e. The lowest BCUT2D eigenvalue weighted by Crippen LogP contribution is -2.23. The van der Waals surface area contributed by atoms with E-state index in [1.54, 1.807) is 6.07 Å². The molecule has 33 heavy (non-hydrogen) atoms. The quantitative estimate of drug-likeness (QED) is 0.334. The van der Waals surface area contributed by atoms with Crippen LogP contribution in [0.1, 0.15) is 36.5 Å². The highest BCUT2D eigenvalue weighted by molar-refractivity contribution is 6.04. The number of hydrogen-bond acceptors (Lipinski definition) is 7. The van der Waals surface area contributed by atoms with E-state index < -0.39 is 11.6 Å². The van der Waals surface area contributed by atoms with E-state index in [1.807, 2.05) is 26.0 Å². The van der Waals surface area contributed by atoms with Crippen molar-refractivity contribution in [2.45, 2.75) is 33.3 Å². The fraction of sp³-hybridized carbons (Fsp3) is 0.318. The highest BCUT2D eigenvalue weighted by atomic mass is 19.1. The molecule has 4 rings (SSSR count). The molecule has 0 radical (unpaired) electrons. The average Bonchev–Trinajstić information content (AvgIpc) is 3.12. The smallest absolute Gasteiger partial charge is 0.368 e. The normalized spacial score (nSPS) is 14.8.